The minimum absolute atomic E-state index is 0.262. The average molecular weight is 375 g/mol. The Balaban J connectivity index is 2.03. The van der Waals surface area contributed by atoms with Gasteiger partial charge in [0.25, 0.3) is 0 Å². The molecule has 1 aliphatic rings. The van der Waals surface area contributed by atoms with Gasteiger partial charge in [-0.2, -0.15) is 0 Å². The summed E-state index contributed by atoms with van der Waals surface area (Å²) in [4.78, 5) is 2.71. The van der Waals surface area contributed by atoms with Gasteiger partial charge in [0.05, 0.1) is 4.90 Å². The van der Waals surface area contributed by atoms with Crippen molar-refractivity contribution in [1.29, 1.82) is 0 Å². The second-order valence-corrected chi connectivity index (χ2v) is 8.54. The number of benzene rings is 1. The summed E-state index contributed by atoms with van der Waals surface area (Å²) in [7, 11) is -3.43. The Morgan fingerprint density at radius 2 is 1.76 bits per heavy atom. The van der Waals surface area contributed by atoms with E-state index in [1.807, 2.05) is 0 Å². The van der Waals surface area contributed by atoms with Gasteiger partial charge in [-0.1, -0.05) is 29.8 Å². The third kappa shape index (κ3) is 4.52. The highest BCUT2D eigenvalue weighted by Gasteiger charge is 2.26. The van der Waals surface area contributed by atoms with E-state index in [4.69, 9.17) is 0 Å². The van der Waals surface area contributed by atoms with E-state index in [1.54, 1.807) is 24.3 Å². The number of sulfonamides is 1. The molecule has 0 bridgehead atoms. The monoisotopic (exact) mass is 374 g/mol. The third-order valence-electron chi connectivity index (χ3n) is 3.99. The number of nitrogens with zero attached hydrogens (tertiary/aromatic N) is 1. The minimum Gasteiger partial charge on any atom is -0.299 e. The first-order valence-corrected chi connectivity index (χ1v) is 9.67. The summed E-state index contributed by atoms with van der Waals surface area (Å²) >= 11 is 3.32. The van der Waals surface area contributed by atoms with E-state index in [0.29, 0.717) is 17.4 Å². The van der Waals surface area contributed by atoms with Crippen molar-refractivity contribution in [3.05, 3.63) is 28.7 Å². The van der Waals surface area contributed by atoms with Crippen LogP contribution in [-0.4, -0.2) is 39.0 Å². The van der Waals surface area contributed by atoms with E-state index in [2.05, 4.69) is 39.4 Å². The molecule has 0 aliphatic carbocycles. The van der Waals surface area contributed by atoms with Crippen molar-refractivity contribution in [2.75, 3.05) is 19.6 Å². The Kier molecular flexibility index (Phi) is 5.82. The Morgan fingerprint density at radius 1 is 1.19 bits per heavy atom. The van der Waals surface area contributed by atoms with Gasteiger partial charge in [0.15, 0.2) is 0 Å². The number of hydrogen-bond donors (Lipinski definition) is 1. The third-order valence-corrected chi connectivity index (χ3v) is 5.95. The van der Waals surface area contributed by atoms with E-state index in [9.17, 15) is 8.42 Å². The van der Waals surface area contributed by atoms with Crippen molar-refractivity contribution in [1.82, 2.24) is 9.62 Å². The predicted molar refractivity (Wildman–Crippen MR) is 88.8 cm³/mol. The molecule has 118 valence electrons. The molecule has 0 aromatic heterocycles. The van der Waals surface area contributed by atoms with E-state index in [-0.39, 0.29) is 6.04 Å². The van der Waals surface area contributed by atoms with Crippen LogP contribution in [-0.2, 0) is 10.0 Å². The maximum absolute atomic E-state index is 12.3. The summed E-state index contributed by atoms with van der Waals surface area (Å²) < 4.78 is 28.3. The van der Waals surface area contributed by atoms with Gasteiger partial charge in [0.1, 0.15) is 0 Å². The van der Waals surface area contributed by atoms with Gasteiger partial charge >= 0.3 is 0 Å². The molecule has 6 heteroatoms. The van der Waals surface area contributed by atoms with Crippen LogP contribution in [0.25, 0.3) is 0 Å². The zero-order chi connectivity index (χ0) is 15.5. The number of rotatable bonds is 6. The molecule has 1 fully saturated rings. The zero-order valence-corrected chi connectivity index (χ0v) is 15.0. The average Bonchev–Trinajstić information content (AvgIpc) is 2.93. The van der Waals surface area contributed by atoms with Gasteiger partial charge in [-0.3, -0.25) is 4.90 Å². The molecule has 1 aromatic rings. The van der Waals surface area contributed by atoms with Crippen LogP contribution in [0.1, 0.15) is 26.7 Å². The maximum Gasteiger partial charge on any atom is 0.240 e. The fourth-order valence-electron chi connectivity index (χ4n) is 2.75. The number of hydrogen-bond acceptors (Lipinski definition) is 3. The van der Waals surface area contributed by atoms with Crippen LogP contribution in [0.15, 0.2) is 33.6 Å². The largest absolute Gasteiger partial charge is 0.299 e. The number of likely N-dealkylation sites (tertiary alicyclic amines) is 1. The summed E-state index contributed by atoms with van der Waals surface area (Å²) in [6.45, 7) is 6.91. The first kappa shape index (κ1) is 16.9. The fourth-order valence-corrected chi connectivity index (χ4v) is 4.07. The SMILES string of the molecule is CC(C)C(CNS(=O)(=O)c1ccc(Br)cc1)N1CCCC1. The molecule has 1 atom stereocenters. The molecule has 1 heterocycles. The van der Waals surface area contributed by atoms with Crippen molar-refractivity contribution in [2.24, 2.45) is 5.92 Å². The highest BCUT2D eigenvalue weighted by Crippen LogP contribution is 2.19. The summed E-state index contributed by atoms with van der Waals surface area (Å²) in [6, 6.07) is 6.99. The van der Waals surface area contributed by atoms with Crippen molar-refractivity contribution < 1.29 is 8.42 Å². The number of halogens is 1. The molecule has 2 rings (SSSR count). The van der Waals surface area contributed by atoms with Gasteiger partial charge in [-0.05, 0) is 56.1 Å². The quantitative estimate of drug-likeness (QED) is 0.832. The van der Waals surface area contributed by atoms with Gasteiger partial charge in [0, 0.05) is 17.1 Å². The smallest absolute Gasteiger partial charge is 0.240 e. The first-order chi connectivity index (χ1) is 9.90. The van der Waals surface area contributed by atoms with Crippen LogP contribution < -0.4 is 4.72 Å². The van der Waals surface area contributed by atoms with Crippen molar-refractivity contribution in [2.45, 2.75) is 37.6 Å². The predicted octanol–water partition coefficient (Wildman–Crippen LogP) is 2.85. The highest BCUT2D eigenvalue weighted by molar-refractivity contribution is 9.10. The van der Waals surface area contributed by atoms with Gasteiger partial charge < -0.3 is 0 Å². The Bertz CT molecular complexity index is 552. The molecule has 0 radical (unpaired) electrons. The second kappa shape index (κ2) is 7.22. The van der Waals surface area contributed by atoms with Crippen LogP contribution in [0.5, 0.6) is 0 Å². The van der Waals surface area contributed by atoms with E-state index in [1.165, 1.54) is 12.8 Å². The normalized spacial score (nSPS) is 18.3. The Labute approximate surface area is 136 Å². The number of nitrogens with one attached hydrogen (secondary N) is 1. The van der Waals surface area contributed by atoms with E-state index < -0.39 is 10.0 Å². The first-order valence-electron chi connectivity index (χ1n) is 7.39. The van der Waals surface area contributed by atoms with Gasteiger partial charge in [-0.15, -0.1) is 0 Å². The lowest BCUT2D eigenvalue weighted by Crippen LogP contribution is -2.45. The second-order valence-electron chi connectivity index (χ2n) is 5.86. The van der Waals surface area contributed by atoms with Gasteiger partial charge in [0.2, 0.25) is 10.0 Å². The van der Waals surface area contributed by atoms with Crippen LogP contribution in [0, 0.1) is 5.92 Å². The van der Waals surface area contributed by atoms with Crippen molar-refractivity contribution in [3.8, 4) is 0 Å². The van der Waals surface area contributed by atoms with Crippen LogP contribution >= 0.6 is 15.9 Å². The maximum atomic E-state index is 12.3. The summed E-state index contributed by atoms with van der Waals surface area (Å²) in [5.41, 5.74) is 0. The molecule has 1 saturated heterocycles. The molecule has 4 nitrogen and oxygen atoms in total. The van der Waals surface area contributed by atoms with E-state index >= 15 is 0 Å². The van der Waals surface area contributed by atoms with Crippen molar-refractivity contribution in [3.63, 3.8) is 0 Å². The fraction of sp³-hybridized carbons (Fsp3) is 0.600. The molecule has 0 saturated carbocycles. The molecule has 1 unspecified atom stereocenters. The lowest BCUT2D eigenvalue weighted by atomic mass is 10.0. The standard InChI is InChI=1S/C15H23BrN2O2S/c1-12(2)15(18-9-3-4-10-18)11-17-21(19,20)14-7-5-13(16)6-8-14/h5-8,12,15,17H,3-4,9-11H2,1-2H3. The molecule has 0 amide bonds. The van der Waals surface area contributed by atoms with Crippen LogP contribution in [0.3, 0.4) is 0 Å². The Hall–Kier alpha value is -0.430. The van der Waals surface area contributed by atoms with Crippen LogP contribution in [0.4, 0.5) is 0 Å². The summed E-state index contributed by atoms with van der Waals surface area (Å²) in [5.74, 6) is 0.427. The highest BCUT2D eigenvalue weighted by atomic mass is 79.9. The summed E-state index contributed by atoms with van der Waals surface area (Å²) in [5, 5.41) is 0. The molecular weight excluding hydrogens is 352 g/mol. The molecule has 21 heavy (non-hydrogen) atoms. The Morgan fingerprint density at radius 3 is 2.29 bits per heavy atom. The molecule has 1 N–H and O–H groups in total. The molecule has 1 aromatic carbocycles. The zero-order valence-electron chi connectivity index (χ0n) is 12.5. The topological polar surface area (TPSA) is 49.4 Å². The molecule has 1 aliphatic heterocycles. The lowest BCUT2D eigenvalue weighted by Gasteiger charge is -2.30. The van der Waals surface area contributed by atoms with Crippen molar-refractivity contribution >= 4 is 26.0 Å². The minimum atomic E-state index is -3.43. The van der Waals surface area contributed by atoms with E-state index in [0.717, 1.165) is 17.6 Å². The lowest BCUT2D eigenvalue weighted by molar-refractivity contribution is 0.193. The van der Waals surface area contributed by atoms with Crippen LogP contribution in [0.2, 0.25) is 0 Å². The molecular formula is C15H23BrN2O2S. The molecule has 0 spiro atoms. The van der Waals surface area contributed by atoms with Gasteiger partial charge in [-0.25, -0.2) is 13.1 Å². The summed E-state index contributed by atoms with van der Waals surface area (Å²) in [6.07, 6.45) is 2.42.